The number of benzene rings is 2. The van der Waals surface area contributed by atoms with Crippen LogP contribution in [0.5, 0.6) is 0 Å². The van der Waals surface area contributed by atoms with Gasteiger partial charge in [-0.05, 0) is 50.5 Å². The van der Waals surface area contributed by atoms with Crippen molar-refractivity contribution in [2.24, 2.45) is 0 Å². The van der Waals surface area contributed by atoms with Crippen LogP contribution in [0.25, 0.3) is 5.57 Å². The zero-order valence-electron chi connectivity index (χ0n) is 15.9. The van der Waals surface area contributed by atoms with Crippen LogP contribution in [0.4, 0.5) is 13.2 Å². The van der Waals surface area contributed by atoms with Gasteiger partial charge in [0.15, 0.2) is 0 Å². The Kier molecular flexibility index (Phi) is 6.47. The number of hydrogen-bond donors (Lipinski definition) is 0. The molecule has 0 aromatic heterocycles. The zero-order chi connectivity index (χ0) is 20.2. The Morgan fingerprint density at radius 3 is 1.93 bits per heavy atom. The summed E-state index contributed by atoms with van der Waals surface area (Å²) in [6.07, 6.45) is -3.19. The fourth-order valence-corrected chi connectivity index (χ4v) is 3.20. The number of alkyl halides is 3. The number of rotatable bonds is 5. The molecule has 2 rings (SSSR count). The van der Waals surface area contributed by atoms with Gasteiger partial charge in [0.25, 0.3) is 0 Å². The maximum Gasteiger partial charge on any atom is 0.417 e. The maximum absolute atomic E-state index is 13.6. The molecule has 0 atom stereocenters. The first-order valence-corrected chi connectivity index (χ1v) is 8.89. The summed E-state index contributed by atoms with van der Waals surface area (Å²) in [5.41, 5.74) is 0.0698. The Bertz CT molecular complexity index is 800. The Balaban J connectivity index is 2.67. The molecule has 0 bridgehead atoms. The first-order valence-electron chi connectivity index (χ1n) is 8.89. The third-order valence-corrected chi connectivity index (χ3v) is 4.24. The number of carbonyl (C=O) groups is 1. The van der Waals surface area contributed by atoms with Gasteiger partial charge in [0.2, 0.25) is 5.91 Å². The second-order valence-corrected chi connectivity index (χ2v) is 6.90. The summed E-state index contributed by atoms with van der Waals surface area (Å²) < 4.78 is 40.7. The molecule has 0 N–H and O–H groups in total. The molecule has 0 aliphatic carbocycles. The monoisotopic (exact) mass is 375 g/mol. The molecule has 0 aliphatic heterocycles. The largest absolute Gasteiger partial charge is 0.417 e. The van der Waals surface area contributed by atoms with Crippen LogP contribution >= 0.6 is 0 Å². The van der Waals surface area contributed by atoms with Gasteiger partial charge in [-0.3, -0.25) is 4.79 Å². The van der Waals surface area contributed by atoms with Crippen LogP contribution in [0.2, 0.25) is 0 Å². The molecule has 2 nitrogen and oxygen atoms in total. The molecule has 5 heteroatoms. The van der Waals surface area contributed by atoms with Crippen molar-refractivity contribution in [1.82, 2.24) is 4.90 Å². The van der Waals surface area contributed by atoms with E-state index in [1.54, 1.807) is 41.3 Å². The van der Waals surface area contributed by atoms with E-state index in [-0.39, 0.29) is 29.1 Å². The molecule has 0 unspecified atom stereocenters. The first kappa shape index (κ1) is 20.7. The molecule has 27 heavy (non-hydrogen) atoms. The van der Waals surface area contributed by atoms with E-state index in [0.29, 0.717) is 5.56 Å². The fraction of sp³-hybridized carbons (Fsp3) is 0.318. The summed E-state index contributed by atoms with van der Waals surface area (Å²) >= 11 is 0. The molecule has 2 aromatic rings. The number of carbonyl (C=O) groups excluding carboxylic acids is 1. The number of hydrogen-bond acceptors (Lipinski definition) is 1. The fourth-order valence-electron chi connectivity index (χ4n) is 3.20. The average molecular weight is 375 g/mol. The second-order valence-electron chi connectivity index (χ2n) is 6.90. The highest BCUT2D eigenvalue weighted by Gasteiger charge is 2.34. The Morgan fingerprint density at radius 2 is 1.41 bits per heavy atom. The van der Waals surface area contributed by atoms with E-state index in [0.717, 1.165) is 6.07 Å². The van der Waals surface area contributed by atoms with Crippen molar-refractivity contribution in [3.63, 3.8) is 0 Å². The van der Waals surface area contributed by atoms with Crippen LogP contribution in [0.3, 0.4) is 0 Å². The Labute approximate surface area is 158 Å². The quantitative estimate of drug-likeness (QED) is 0.607. The summed E-state index contributed by atoms with van der Waals surface area (Å²) in [7, 11) is 0. The van der Waals surface area contributed by atoms with Gasteiger partial charge in [-0.15, -0.1) is 0 Å². The first-order chi connectivity index (χ1) is 12.6. The molecule has 0 saturated heterocycles. The van der Waals surface area contributed by atoms with Crippen molar-refractivity contribution in [3.05, 3.63) is 77.4 Å². The molecule has 0 heterocycles. The van der Waals surface area contributed by atoms with Crippen molar-refractivity contribution in [2.45, 2.75) is 46.0 Å². The van der Waals surface area contributed by atoms with Crippen LogP contribution < -0.4 is 0 Å². The average Bonchev–Trinajstić information content (AvgIpc) is 2.59. The topological polar surface area (TPSA) is 20.3 Å². The number of halogens is 3. The predicted molar refractivity (Wildman–Crippen MR) is 102 cm³/mol. The smallest absolute Gasteiger partial charge is 0.334 e. The molecule has 1 amide bonds. The third-order valence-electron chi connectivity index (χ3n) is 4.24. The van der Waals surface area contributed by atoms with Crippen molar-refractivity contribution >= 4 is 11.5 Å². The molecule has 0 fully saturated rings. The highest BCUT2D eigenvalue weighted by molar-refractivity contribution is 5.99. The van der Waals surface area contributed by atoms with Gasteiger partial charge in [-0.2, -0.15) is 13.2 Å². The summed E-state index contributed by atoms with van der Waals surface area (Å²) in [4.78, 5) is 14.6. The molecule has 0 radical (unpaired) electrons. The predicted octanol–water partition coefficient (Wildman–Crippen LogP) is 5.78. The lowest BCUT2D eigenvalue weighted by Gasteiger charge is -2.30. The zero-order valence-corrected chi connectivity index (χ0v) is 15.9. The SMILES string of the molecule is CC(C)N(C(=O)C=C(c1ccccc1)c1ccccc1C(F)(F)F)C(C)C. The summed E-state index contributed by atoms with van der Waals surface area (Å²) in [5.74, 6) is -0.309. The van der Waals surface area contributed by atoms with Crippen LogP contribution in [-0.4, -0.2) is 22.9 Å². The van der Waals surface area contributed by atoms with Crippen molar-refractivity contribution in [2.75, 3.05) is 0 Å². The van der Waals surface area contributed by atoms with E-state index in [1.165, 1.54) is 18.2 Å². The van der Waals surface area contributed by atoms with Crippen LogP contribution in [-0.2, 0) is 11.0 Å². The maximum atomic E-state index is 13.6. The number of amides is 1. The number of nitrogens with zero attached hydrogens (tertiary/aromatic N) is 1. The van der Waals surface area contributed by atoms with Gasteiger partial charge in [0, 0.05) is 18.2 Å². The molecular formula is C22H24F3NO. The van der Waals surface area contributed by atoms with Crippen LogP contribution in [0, 0.1) is 0 Å². The van der Waals surface area contributed by atoms with Gasteiger partial charge in [0.05, 0.1) is 5.56 Å². The Hall–Kier alpha value is -2.56. The van der Waals surface area contributed by atoms with Gasteiger partial charge < -0.3 is 4.90 Å². The van der Waals surface area contributed by atoms with Crippen molar-refractivity contribution in [3.8, 4) is 0 Å². The van der Waals surface area contributed by atoms with Crippen LogP contribution in [0.15, 0.2) is 60.7 Å². The van der Waals surface area contributed by atoms with Crippen molar-refractivity contribution < 1.29 is 18.0 Å². The summed E-state index contributed by atoms with van der Waals surface area (Å²) in [6, 6.07) is 13.9. The lowest BCUT2D eigenvalue weighted by molar-refractivity contribution is -0.137. The summed E-state index contributed by atoms with van der Waals surface area (Å²) in [6.45, 7) is 7.55. The standard InChI is InChI=1S/C22H24F3NO/c1-15(2)26(16(3)4)21(27)14-19(17-10-6-5-7-11-17)18-12-8-9-13-20(18)22(23,24)25/h5-16H,1-4H3. The summed E-state index contributed by atoms with van der Waals surface area (Å²) in [5, 5.41) is 0. The van der Waals surface area contributed by atoms with Gasteiger partial charge in [0.1, 0.15) is 0 Å². The molecule has 0 spiro atoms. The Morgan fingerprint density at radius 1 is 0.889 bits per heavy atom. The van der Waals surface area contributed by atoms with Gasteiger partial charge in [-0.1, -0.05) is 48.5 Å². The highest BCUT2D eigenvalue weighted by atomic mass is 19.4. The van der Waals surface area contributed by atoms with Crippen molar-refractivity contribution in [1.29, 1.82) is 0 Å². The second kappa shape index (κ2) is 8.42. The van der Waals surface area contributed by atoms with E-state index >= 15 is 0 Å². The molecular weight excluding hydrogens is 351 g/mol. The molecule has 0 saturated carbocycles. The minimum absolute atomic E-state index is 0.00277. The lowest BCUT2D eigenvalue weighted by atomic mass is 9.93. The minimum atomic E-state index is -4.51. The third kappa shape index (κ3) is 5.00. The van der Waals surface area contributed by atoms with E-state index in [2.05, 4.69) is 0 Å². The lowest BCUT2D eigenvalue weighted by Crippen LogP contribution is -2.41. The highest BCUT2D eigenvalue weighted by Crippen LogP contribution is 2.37. The van der Waals surface area contributed by atoms with Gasteiger partial charge >= 0.3 is 6.18 Å². The molecule has 144 valence electrons. The van der Waals surface area contributed by atoms with E-state index in [9.17, 15) is 18.0 Å². The normalized spacial score (nSPS) is 12.6. The molecule has 0 aliphatic rings. The minimum Gasteiger partial charge on any atom is -0.334 e. The van der Waals surface area contributed by atoms with Gasteiger partial charge in [-0.25, -0.2) is 0 Å². The van der Waals surface area contributed by atoms with E-state index in [4.69, 9.17) is 0 Å². The van der Waals surface area contributed by atoms with E-state index in [1.807, 2.05) is 27.7 Å². The van der Waals surface area contributed by atoms with E-state index < -0.39 is 11.7 Å². The molecule has 2 aromatic carbocycles. The van der Waals surface area contributed by atoms with Crippen LogP contribution in [0.1, 0.15) is 44.4 Å².